The molecule has 9 nitrogen and oxygen atoms in total. The standard InChI is InChI=1S/C17H27N7O2S.HI/c1-4-16-22-21-13-24(16)11-10-19-17(18-5-2)20-12-14-8-6-7-9-15(14)23-27(3,25)26;/h6-9,13,23H,4-5,10-12H2,1-3H3,(H2,18,19,20);1H. The van der Waals surface area contributed by atoms with Crippen LogP contribution in [0.2, 0.25) is 0 Å². The molecule has 0 radical (unpaired) electrons. The Morgan fingerprint density at radius 1 is 1.21 bits per heavy atom. The van der Waals surface area contributed by atoms with Gasteiger partial charge in [0.25, 0.3) is 0 Å². The smallest absolute Gasteiger partial charge is 0.229 e. The lowest BCUT2D eigenvalue weighted by molar-refractivity contribution is 0.606. The molecule has 0 aliphatic carbocycles. The van der Waals surface area contributed by atoms with Gasteiger partial charge in [0.1, 0.15) is 12.2 Å². The molecule has 2 rings (SSSR count). The van der Waals surface area contributed by atoms with Crippen molar-refractivity contribution in [2.45, 2.75) is 33.4 Å². The van der Waals surface area contributed by atoms with Crippen LogP contribution >= 0.6 is 24.0 Å². The molecule has 0 atom stereocenters. The number of para-hydroxylation sites is 1. The molecule has 156 valence electrons. The largest absolute Gasteiger partial charge is 0.357 e. The molecule has 28 heavy (non-hydrogen) atoms. The minimum absolute atomic E-state index is 0. The molecule has 1 aromatic heterocycles. The van der Waals surface area contributed by atoms with Crippen LogP contribution in [-0.4, -0.2) is 48.5 Å². The summed E-state index contributed by atoms with van der Waals surface area (Å²) in [6, 6.07) is 7.22. The number of aryl methyl sites for hydroxylation is 1. The van der Waals surface area contributed by atoms with Crippen LogP contribution < -0.4 is 15.4 Å². The second-order valence-electron chi connectivity index (χ2n) is 5.95. The third-order valence-electron chi connectivity index (χ3n) is 3.72. The number of anilines is 1. The number of halogens is 1. The first-order valence-electron chi connectivity index (χ1n) is 8.87. The van der Waals surface area contributed by atoms with E-state index in [4.69, 9.17) is 0 Å². The number of aliphatic imine (C=N–C) groups is 1. The van der Waals surface area contributed by atoms with E-state index in [0.29, 0.717) is 24.7 Å². The zero-order valence-corrected chi connectivity index (χ0v) is 19.5. The Kier molecular flexibility index (Phi) is 10.2. The van der Waals surface area contributed by atoms with Gasteiger partial charge in [-0.3, -0.25) is 4.72 Å². The molecule has 0 unspecified atom stereocenters. The third-order valence-corrected chi connectivity index (χ3v) is 4.31. The first kappa shape index (κ1) is 24.1. The molecule has 0 bridgehead atoms. The first-order valence-corrected chi connectivity index (χ1v) is 10.8. The van der Waals surface area contributed by atoms with Gasteiger partial charge in [0.05, 0.1) is 18.5 Å². The second-order valence-corrected chi connectivity index (χ2v) is 7.70. The number of rotatable bonds is 9. The first-order chi connectivity index (χ1) is 12.9. The van der Waals surface area contributed by atoms with E-state index in [-0.39, 0.29) is 24.0 Å². The molecule has 0 amide bonds. The highest BCUT2D eigenvalue weighted by atomic mass is 127. The van der Waals surface area contributed by atoms with E-state index in [2.05, 4.69) is 30.5 Å². The van der Waals surface area contributed by atoms with Gasteiger partial charge in [0, 0.05) is 26.1 Å². The van der Waals surface area contributed by atoms with E-state index < -0.39 is 10.0 Å². The number of guanidine groups is 1. The highest BCUT2D eigenvalue weighted by Crippen LogP contribution is 2.17. The van der Waals surface area contributed by atoms with Gasteiger partial charge in [0.2, 0.25) is 10.0 Å². The van der Waals surface area contributed by atoms with E-state index in [1.807, 2.05) is 30.5 Å². The van der Waals surface area contributed by atoms with Crippen molar-refractivity contribution in [3.63, 3.8) is 0 Å². The van der Waals surface area contributed by atoms with Gasteiger partial charge in [-0.2, -0.15) is 0 Å². The van der Waals surface area contributed by atoms with E-state index in [1.54, 1.807) is 18.5 Å². The highest BCUT2D eigenvalue weighted by molar-refractivity contribution is 14.0. The van der Waals surface area contributed by atoms with E-state index in [1.165, 1.54) is 0 Å². The molecule has 0 saturated carbocycles. The average Bonchev–Trinajstić information content (AvgIpc) is 3.07. The van der Waals surface area contributed by atoms with Crippen LogP contribution in [0.15, 0.2) is 35.6 Å². The van der Waals surface area contributed by atoms with Crippen LogP contribution in [0, 0.1) is 0 Å². The molecule has 1 aromatic carbocycles. The lowest BCUT2D eigenvalue weighted by atomic mass is 10.2. The predicted molar refractivity (Wildman–Crippen MR) is 123 cm³/mol. The summed E-state index contributed by atoms with van der Waals surface area (Å²) in [6.45, 7) is 6.50. The molecule has 2 aromatic rings. The Morgan fingerprint density at radius 2 is 1.96 bits per heavy atom. The Bertz CT molecular complexity index is 868. The van der Waals surface area contributed by atoms with Crippen LogP contribution in [-0.2, 0) is 29.5 Å². The third kappa shape index (κ3) is 8.00. The van der Waals surface area contributed by atoms with Crippen molar-refractivity contribution in [2.75, 3.05) is 24.1 Å². The molecule has 0 fully saturated rings. The normalized spacial score (nSPS) is 11.6. The molecule has 1 heterocycles. The monoisotopic (exact) mass is 521 g/mol. The summed E-state index contributed by atoms with van der Waals surface area (Å²) in [5.74, 6) is 1.61. The molecular weight excluding hydrogens is 493 g/mol. The summed E-state index contributed by atoms with van der Waals surface area (Å²) in [5.41, 5.74) is 1.34. The summed E-state index contributed by atoms with van der Waals surface area (Å²) in [7, 11) is -3.34. The van der Waals surface area contributed by atoms with E-state index in [9.17, 15) is 8.42 Å². The number of hydrogen-bond acceptors (Lipinski definition) is 5. The number of hydrogen-bond donors (Lipinski definition) is 3. The van der Waals surface area contributed by atoms with Gasteiger partial charge < -0.3 is 15.2 Å². The Balaban J connectivity index is 0.00000392. The van der Waals surface area contributed by atoms with Gasteiger partial charge in [0.15, 0.2) is 5.96 Å². The van der Waals surface area contributed by atoms with Crippen LogP contribution in [0.25, 0.3) is 0 Å². The lowest BCUT2D eigenvalue weighted by Gasteiger charge is -2.13. The van der Waals surface area contributed by atoms with Crippen molar-refractivity contribution in [1.29, 1.82) is 0 Å². The van der Waals surface area contributed by atoms with Crippen molar-refractivity contribution in [3.8, 4) is 0 Å². The molecular formula is C17H28IN7O2S. The molecule has 0 spiro atoms. The highest BCUT2D eigenvalue weighted by Gasteiger charge is 2.07. The van der Waals surface area contributed by atoms with Gasteiger partial charge >= 0.3 is 0 Å². The van der Waals surface area contributed by atoms with E-state index in [0.717, 1.165) is 37.2 Å². The lowest BCUT2D eigenvalue weighted by Crippen LogP contribution is -2.39. The fraction of sp³-hybridized carbons (Fsp3) is 0.471. The number of nitrogens with one attached hydrogen (secondary N) is 3. The zero-order valence-electron chi connectivity index (χ0n) is 16.3. The fourth-order valence-corrected chi connectivity index (χ4v) is 3.10. The minimum Gasteiger partial charge on any atom is -0.357 e. The second kappa shape index (κ2) is 11.8. The van der Waals surface area contributed by atoms with Gasteiger partial charge in [-0.05, 0) is 18.6 Å². The Hall–Kier alpha value is -1.89. The van der Waals surface area contributed by atoms with Gasteiger partial charge in [-0.15, -0.1) is 34.2 Å². The minimum atomic E-state index is -3.34. The topological polar surface area (TPSA) is 113 Å². The quantitative estimate of drug-likeness (QED) is 0.263. The van der Waals surface area contributed by atoms with Crippen molar-refractivity contribution < 1.29 is 8.42 Å². The number of sulfonamides is 1. The summed E-state index contributed by atoms with van der Waals surface area (Å²) >= 11 is 0. The van der Waals surface area contributed by atoms with Crippen molar-refractivity contribution in [2.24, 2.45) is 4.99 Å². The van der Waals surface area contributed by atoms with E-state index >= 15 is 0 Å². The number of aromatic nitrogens is 3. The number of benzene rings is 1. The summed E-state index contributed by atoms with van der Waals surface area (Å²) < 4.78 is 27.6. The van der Waals surface area contributed by atoms with Crippen LogP contribution in [0.5, 0.6) is 0 Å². The molecule has 3 N–H and O–H groups in total. The maximum absolute atomic E-state index is 11.5. The molecule has 0 aliphatic rings. The maximum atomic E-state index is 11.5. The zero-order chi connectivity index (χ0) is 19.7. The summed E-state index contributed by atoms with van der Waals surface area (Å²) in [5, 5.41) is 14.5. The SMILES string of the molecule is CCNC(=NCc1ccccc1NS(C)(=O)=O)NCCn1cnnc1CC.I. The van der Waals surface area contributed by atoms with Crippen molar-refractivity contribution in [3.05, 3.63) is 42.0 Å². The van der Waals surface area contributed by atoms with Crippen molar-refractivity contribution >= 4 is 45.6 Å². The van der Waals surface area contributed by atoms with Gasteiger partial charge in [-0.1, -0.05) is 25.1 Å². The number of nitrogens with zero attached hydrogens (tertiary/aromatic N) is 4. The van der Waals surface area contributed by atoms with Crippen LogP contribution in [0.4, 0.5) is 5.69 Å². The van der Waals surface area contributed by atoms with Crippen LogP contribution in [0.3, 0.4) is 0 Å². The molecule has 0 saturated heterocycles. The fourth-order valence-electron chi connectivity index (χ4n) is 2.50. The van der Waals surface area contributed by atoms with Crippen molar-refractivity contribution in [1.82, 2.24) is 25.4 Å². The van der Waals surface area contributed by atoms with Gasteiger partial charge in [-0.25, -0.2) is 13.4 Å². The molecule has 11 heteroatoms. The maximum Gasteiger partial charge on any atom is 0.229 e. The Morgan fingerprint density at radius 3 is 2.64 bits per heavy atom. The molecule has 0 aliphatic heterocycles. The van der Waals surface area contributed by atoms with Crippen LogP contribution in [0.1, 0.15) is 25.2 Å². The summed E-state index contributed by atoms with van der Waals surface area (Å²) in [6.07, 6.45) is 3.68. The average molecular weight is 521 g/mol. The Labute approximate surface area is 183 Å². The summed E-state index contributed by atoms with van der Waals surface area (Å²) in [4.78, 5) is 4.55. The predicted octanol–water partition coefficient (Wildman–Crippen LogP) is 1.59.